The van der Waals surface area contributed by atoms with E-state index in [0.717, 1.165) is 10.6 Å². The summed E-state index contributed by atoms with van der Waals surface area (Å²) in [5, 5.41) is 1.92. The summed E-state index contributed by atoms with van der Waals surface area (Å²) >= 11 is 0. The largest absolute Gasteiger partial charge is 0.354 e. The highest BCUT2D eigenvalue weighted by Gasteiger charge is 2.53. The van der Waals surface area contributed by atoms with Crippen molar-refractivity contribution in [1.82, 2.24) is 10.6 Å². The maximum atomic E-state index is 10.8. The summed E-state index contributed by atoms with van der Waals surface area (Å²) in [5.74, 6) is 0. The molecule has 26 nitrogen and oxygen atoms in total. The van der Waals surface area contributed by atoms with Gasteiger partial charge in [0.25, 0.3) is 0 Å². The molecule has 0 saturated carbocycles. The standard InChI is InChI=1S/2C2H11NO12P4/c2*4-16(5,6)1(17(7,8)9)3-2(18(10,11)12)19(13,14)15/h2*1-3H,(H2,4,5,6)(H2,7,8,9)(H2,10,11,12)(H2,13,14,15). The van der Waals surface area contributed by atoms with Crippen molar-refractivity contribution in [2.45, 2.75) is 22.1 Å². The van der Waals surface area contributed by atoms with Gasteiger partial charge in [-0.05, 0) is 0 Å². The lowest BCUT2D eigenvalue weighted by Crippen LogP contribution is -2.38. The molecule has 0 fully saturated rings. The molecular weight excluding hydrogens is 708 g/mol. The second-order valence-electron chi connectivity index (χ2n) is 6.54. The first-order chi connectivity index (χ1) is 15.9. The summed E-state index contributed by atoms with van der Waals surface area (Å²) in [6.07, 6.45) is 0. The van der Waals surface area contributed by atoms with Gasteiger partial charge in [-0.2, -0.15) is 0 Å². The molecule has 0 aliphatic rings. The maximum absolute atomic E-state index is 10.8. The van der Waals surface area contributed by atoms with Crippen LogP contribution in [0.2, 0.25) is 0 Å². The molecule has 0 heterocycles. The smallest absolute Gasteiger partial charge is 0.323 e. The van der Waals surface area contributed by atoms with Crippen LogP contribution in [0.25, 0.3) is 0 Å². The minimum atomic E-state index is -5.65. The second-order valence-corrected chi connectivity index (χ2v) is 21.7. The predicted octanol–water partition coefficient (Wildman–Crippen LogP) is -4.29. The zero-order valence-corrected chi connectivity index (χ0v) is 24.5. The third-order valence-corrected chi connectivity index (χ3v) is 16.7. The molecule has 18 N–H and O–H groups in total. The minimum Gasteiger partial charge on any atom is -0.323 e. The van der Waals surface area contributed by atoms with E-state index in [-0.39, 0.29) is 0 Å². The Morgan fingerprint density at radius 2 is 0.342 bits per heavy atom. The van der Waals surface area contributed by atoms with E-state index in [1.54, 1.807) is 0 Å². The highest BCUT2D eigenvalue weighted by atomic mass is 31.3. The van der Waals surface area contributed by atoms with Gasteiger partial charge in [0.2, 0.25) is 22.1 Å². The Morgan fingerprint density at radius 1 is 0.263 bits per heavy atom. The lowest BCUT2D eigenvalue weighted by molar-refractivity contribution is 0.303. The summed E-state index contributed by atoms with van der Waals surface area (Å²) < 4.78 is 86.4. The van der Waals surface area contributed by atoms with Crippen molar-refractivity contribution >= 4 is 60.8 Å². The summed E-state index contributed by atoms with van der Waals surface area (Å²) in [6.45, 7) is 0. The zero-order chi connectivity index (χ0) is 31.7. The van der Waals surface area contributed by atoms with Crippen molar-refractivity contribution in [2.75, 3.05) is 0 Å². The molecule has 0 bridgehead atoms. The van der Waals surface area contributed by atoms with Gasteiger partial charge in [0.15, 0.2) is 0 Å². The van der Waals surface area contributed by atoms with Crippen LogP contribution in [0.3, 0.4) is 0 Å². The van der Waals surface area contributed by atoms with E-state index in [4.69, 9.17) is 78.3 Å². The van der Waals surface area contributed by atoms with Crippen molar-refractivity contribution in [1.29, 1.82) is 0 Å². The number of nitrogens with one attached hydrogen (secondary N) is 2. The summed E-state index contributed by atoms with van der Waals surface area (Å²) in [5.41, 5.74) is -12.6. The molecule has 0 aromatic heterocycles. The Balaban J connectivity index is 0. The molecule has 34 heteroatoms. The fourth-order valence-electron chi connectivity index (χ4n) is 1.83. The molecule has 0 rings (SSSR count). The summed E-state index contributed by atoms with van der Waals surface area (Å²) in [6, 6.07) is 0. The minimum absolute atomic E-state index is 0.961. The fourth-order valence-corrected chi connectivity index (χ4v) is 11.8. The first-order valence-electron chi connectivity index (χ1n) is 7.88. The van der Waals surface area contributed by atoms with Gasteiger partial charge in [0.05, 0.1) is 0 Å². The van der Waals surface area contributed by atoms with Crippen LogP contribution in [0.5, 0.6) is 0 Å². The topological polar surface area (TPSA) is 484 Å². The van der Waals surface area contributed by atoms with Crippen LogP contribution in [0.4, 0.5) is 0 Å². The van der Waals surface area contributed by atoms with E-state index in [2.05, 4.69) is 0 Å². The third kappa shape index (κ3) is 14.8. The molecule has 0 amide bonds. The molecule has 0 aromatic rings. The van der Waals surface area contributed by atoms with Crippen LogP contribution in [-0.4, -0.2) is 100 Å². The molecule has 0 unspecified atom stereocenters. The van der Waals surface area contributed by atoms with E-state index >= 15 is 0 Å². The van der Waals surface area contributed by atoms with Crippen molar-refractivity contribution in [3.63, 3.8) is 0 Å². The molecule has 232 valence electrons. The summed E-state index contributed by atoms with van der Waals surface area (Å²) in [7, 11) is -45.2. The maximum Gasteiger partial charge on any atom is 0.354 e. The lowest BCUT2D eigenvalue weighted by Gasteiger charge is -2.27. The molecule has 0 radical (unpaired) electrons. The monoisotopic (exact) mass is 730 g/mol. The average molecular weight is 730 g/mol. The van der Waals surface area contributed by atoms with Gasteiger partial charge >= 0.3 is 60.8 Å². The zero-order valence-electron chi connectivity index (χ0n) is 17.3. The van der Waals surface area contributed by atoms with Crippen molar-refractivity contribution in [2.24, 2.45) is 0 Å². The van der Waals surface area contributed by atoms with Gasteiger partial charge in [0.1, 0.15) is 0 Å². The van der Waals surface area contributed by atoms with E-state index < -0.39 is 82.9 Å². The third-order valence-electron chi connectivity index (χ3n) is 3.15. The first-order valence-corrected chi connectivity index (χ1v) is 21.3. The van der Waals surface area contributed by atoms with E-state index in [1.165, 1.54) is 0 Å². The Kier molecular flexibility index (Phi) is 14.3. The molecule has 38 heavy (non-hydrogen) atoms. The Morgan fingerprint density at radius 3 is 0.395 bits per heavy atom. The molecule has 0 spiro atoms. The molecule has 0 saturated heterocycles. The van der Waals surface area contributed by atoms with Gasteiger partial charge in [-0.1, -0.05) is 0 Å². The molecule has 0 aromatic carbocycles. The average Bonchev–Trinajstić information content (AvgIpc) is 2.44. The van der Waals surface area contributed by atoms with Crippen molar-refractivity contribution < 1.29 is 115 Å². The Labute approximate surface area is 208 Å². The normalized spacial score (nSPS) is 15.3. The first kappa shape index (κ1) is 41.3. The van der Waals surface area contributed by atoms with Gasteiger partial charge in [-0.25, -0.2) is 0 Å². The highest BCUT2D eigenvalue weighted by molar-refractivity contribution is 7.73. The van der Waals surface area contributed by atoms with Crippen molar-refractivity contribution in [3.05, 3.63) is 0 Å². The Hall–Kier alpha value is 1.12. The molecule has 0 atom stereocenters. The number of hydrogen-bond acceptors (Lipinski definition) is 10. The number of hydrogen-bond donors (Lipinski definition) is 18. The van der Waals surface area contributed by atoms with E-state index in [1.807, 2.05) is 0 Å². The number of rotatable bonds is 12. The van der Waals surface area contributed by atoms with Gasteiger partial charge in [-0.15, -0.1) is 0 Å². The highest BCUT2D eigenvalue weighted by Crippen LogP contribution is 2.65. The lowest BCUT2D eigenvalue weighted by atomic mass is 11.2. The quantitative estimate of drug-likeness (QED) is 0.0845. The van der Waals surface area contributed by atoms with Crippen LogP contribution in [-0.2, 0) is 36.5 Å². The van der Waals surface area contributed by atoms with Crippen LogP contribution < -0.4 is 10.6 Å². The second kappa shape index (κ2) is 13.2. The van der Waals surface area contributed by atoms with Crippen LogP contribution in [0.1, 0.15) is 0 Å². The van der Waals surface area contributed by atoms with Gasteiger partial charge in [0, 0.05) is 0 Å². The Bertz CT molecular complexity index is 918. The fraction of sp³-hybridized carbons (Fsp3) is 1.00. The summed E-state index contributed by atoms with van der Waals surface area (Å²) in [4.78, 5) is 138. The predicted molar refractivity (Wildman–Crippen MR) is 118 cm³/mol. The van der Waals surface area contributed by atoms with Crippen LogP contribution in [0.15, 0.2) is 0 Å². The van der Waals surface area contributed by atoms with E-state index in [9.17, 15) is 36.5 Å². The molecule has 0 aliphatic carbocycles. The van der Waals surface area contributed by atoms with Crippen LogP contribution in [0, 0.1) is 0 Å². The van der Waals surface area contributed by atoms with Gasteiger partial charge in [-0.3, -0.25) is 47.2 Å². The van der Waals surface area contributed by atoms with E-state index in [0.29, 0.717) is 0 Å². The van der Waals surface area contributed by atoms with Gasteiger partial charge < -0.3 is 78.3 Å². The molecule has 0 aliphatic heterocycles. The molecular formula is C4H22N2O24P8. The van der Waals surface area contributed by atoms with Crippen LogP contribution >= 0.6 is 60.8 Å². The van der Waals surface area contributed by atoms with Crippen molar-refractivity contribution in [3.8, 4) is 0 Å². The SMILES string of the molecule is O=P(O)(O)C(NC(P(=O)(O)O)P(=O)(O)O)P(=O)(O)O.O=P(O)(O)C(NC(P(=O)(O)O)P(=O)(O)O)P(=O)(O)O.